The summed E-state index contributed by atoms with van der Waals surface area (Å²) in [5, 5.41) is 0. The molecule has 0 fully saturated rings. The Labute approximate surface area is 162 Å². The molecule has 140 valence electrons. The normalized spacial score (nSPS) is 17.1. The minimum Gasteiger partial charge on any atom is -0.748 e. The Bertz CT molecular complexity index is 742. The second kappa shape index (κ2) is 10.1. The van der Waals surface area contributed by atoms with Crippen LogP contribution in [0.25, 0.3) is 0 Å². The molecule has 0 N–H and O–H groups in total. The van der Waals surface area contributed by atoms with Crippen molar-refractivity contribution >= 4 is 20.2 Å². The third-order valence-corrected chi connectivity index (χ3v) is 7.95. The zero-order valence-electron chi connectivity index (χ0n) is 15.3. The zero-order valence-corrected chi connectivity index (χ0v) is 19.4. The van der Waals surface area contributed by atoms with Crippen molar-refractivity contribution < 1.29 is 49.2 Å². The molecule has 2 aliphatic carbocycles. The number of rotatable bonds is 2. The minimum absolute atomic E-state index is 0.438. The van der Waals surface area contributed by atoms with E-state index >= 15 is 0 Å². The Morgan fingerprint density at radius 3 is 1.16 bits per heavy atom. The van der Waals surface area contributed by atoms with Crippen LogP contribution in [0, 0.1) is 0 Å². The summed E-state index contributed by atoms with van der Waals surface area (Å²) in [5.41, 5.74) is 6.25. The van der Waals surface area contributed by atoms with Crippen molar-refractivity contribution in [2.45, 2.75) is 40.5 Å². The summed E-state index contributed by atoms with van der Waals surface area (Å²) in [6, 6.07) is 0. The molecule has 9 heteroatoms. The standard InChI is InChI=1S/2C7H9.2CH4O3S.Zr/c2*1-6-4-3-5-7(6)2;2*1-5(2,3)4;/h2*4H,3H2,1-2H3;2*1H3,(H,2,3,4);/q;;;;+2/p-2. The molecule has 0 saturated heterocycles. The summed E-state index contributed by atoms with van der Waals surface area (Å²) in [5.74, 6) is 0. The molecule has 0 unspecified atom stereocenters. The molecule has 0 amide bonds. The van der Waals surface area contributed by atoms with Gasteiger partial charge >= 0.3 is 105 Å². The van der Waals surface area contributed by atoms with Gasteiger partial charge in [0.15, 0.2) is 0 Å². The number of hydrogen-bond donors (Lipinski definition) is 0. The maximum absolute atomic E-state index is 9.08. The van der Waals surface area contributed by atoms with Crippen LogP contribution in [0.15, 0.2) is 41.0 Å². The molecule has 0 spiro atoms. The van der Waals surface area contributed by atoms with Gasteiger partial charge in [0, 0.05) is 12.5 Å². The Morgan fingerprint density at radius 1 is 0.760 bits per heavy atom. The topological polar surface area (TPSA) is 114 Å². The van der Waals surface area contributed by atoms with Crippen LogP contribution in [0.1, 0.15) is 40.5 Å². The summed E-state index contributed by atoms with van der Waals surface area (Å²) < 4.78 is 58.1. The predicted octanol–water partition coefficient (Wildman–Crippen LogP) is 2.64. The van der Waals surface area contributed by atoms with Crippen LogP contribution in [-0.4, -0.2) is 38.5 Å². The minimum atomic E-state index is -3.92. The summed E-state index contributed by atoms with van der Waals surface area (Å²) in [4.78, 5) is 0. The predicted molar refractivity (Wildman–Crippen MR) is 93.4 cm³/mol. The molecular formula is C16H24O6S2Zr. The smallest absolute Gasteiger partial charge is 0.0916 e. The van der Waals surface area contributed by atoms with Crippen molar-refractivity contribution in [3.8, 4) is 0 Å². The molecule has 0 heterocycles. The van der Waals surface area contributed by atoms with Crippen LogP contribution in [0.2, 0.25) is 0 Å². The van der Waals surface area contributed by atoms with Crippen LogP contribution >= 0.6 is 0 Å². The van der Waals surface area contributed by atoms with Crippen molar-refractivity contribution in [2.24, 2.45) is 0 Å². The van der Waals surface area contributed by atoms with E-state index in [2.05, 4.69) is 39.8 Å². The zero-order chi connectivity index (χ0) is 20.0. The molecule has 0 aromatic rings. The van der Waals surface area contributed by atoms with Gasteiger partial charge in [0.1, 0.15) is 0 Å². The molecule has 25 heavy (non-hydrogen) atoms. The molecule has 0 aromatic carbocycles. The van der Waals surface area contributed by atoms with Crippen molar-refractivity contribution in [1.82, 2.24) is 0 Å². The first-order chi connectivity index (χ1) is 11.1. The van der Waals surface area contributed by atoms with Gasteiger partial charge in [-0.05, 0) is 0 Å². The first-order valence-corrected chi connectivity index (χ1v) is 13.5. The van der Waals surface area contributed by atoms with Gasteiger partial charge in [-0.1, -0.05) is 0 Å². The second-order valence-electron chi connectivity index (χ2n) is 5.92. The fourth-order valence-electron chi connectivity index (χ4n) is 2.07. The van der Waals surface area contributed by atoms with E-state index < -0.39 is 43.5 Å². The van der Waals surface area contributed by atoms with Crippen LogP contribution in [0.4, 0.5) is 0 Å². The Morgan fingerprint density at radius 2 is 1.00 bits per heavy atom. The monoisotopic (exact) mass is 466 g/mol. The van der Waals surface area contributed by atoms with E-state index in [0.29, 0.717) is 12.5 Å². The van der Waals surface area contributed by atoms with Gasteiger partial charge in [0.2, 0.25) is 0 Å². The summed E-state index contributed by atoms with van der Waals surface area (Å²) in [7, 11) is -7.83. The molecule has 0 radical (unpaired) electrons. The van der Waals surface area contributed by atoms with E-state index in [0.717, 1.165) is 0 Å². The van der Waals surface area contributed by atoms with Crippen LogP contribution < -0.4 is 0 Å². The van der Waals surface area contributed by atoms with Crippen LogP contribution in [0.5, 0.6) is 0 Å². The second-order valence-corrected chi connectivity index (χ2v) is 12.3. The van der Waals surface area contributed by atoms with Gasteiger partial charge in [-0.25, -0.2) is 16.8 Å². The SMILES string of the molecule is CC1=CC[C]([Zr+2][C]2=C(C)C(C)=CC2)=C1C.CS(=O)(=O)[O-].CS(=O)(=O)[O-]. The van der Waals surface area contributed by atoms with Gasteiger partial charge in [-0.15, -0.1) is 0 Å². The van der Waals surface area contributed by atoms with Gasteiger partial charge < -0.3 is 9.11 Å². The fourth-order valence-corrected chi connectivity index (χ4v) is 5.86. The molecule has 0 saturated carbocycles. The first kappa shape index (κ1) is 24.7. The van der Waals surface area contributed by atoms with Crippen LogP contribution in [0.3, 0.4) is 0 Å². The van der Waals surface area contributed by atoms with E-state index in [1.54, 1.807) is 17.7 Å². The van der Waals surface area contributed by atoms with Gasteiger partial charge in [0.05, 0.1) is 20.2 Å². The molecule has 6 nitrogen and oxygen atoms in total. The molecule has 2 rings (SSSR count). The average Bonchev–Trinajstić information content (AvgIpc) is 2.85. The number of hydrogen-bond acceptors (Lipinski definition) is 6. The number of allylic oxidation sites excluding steroid dienone is 8. The third-order valence-electron chi connectivity index (χ3n) is 3.61. The van der Waals surface area contributed by atoms with E-state index in [1.165, 1.54) is 24.0 Å². The fraction of sp³-hybridized carbons (Fsp3) is 0.500. The van der Waals surface area contributed by atoms with E-state index in [9.17, 15) is 0 Å². The van der Waals surface area contributed by atoms with Gasteiger partial charge in [-0.2, -0.15) is 0 Å². The Balaban J connectivity index is 0.000000480. The van der Waals surface area contributed by atoms with Crippen molar-refractivity contribution in [3.63, 3.8) is 0 Å². The Kier molecular flexibility index (Phi) is 9.98. The van der Waals surface area contributed by atoms with E-state index in [1.807, 2.05) is 0 Å². The maximum Gasteiger partial charge on any atom is 0.0916 e. The van der Waals surface area contributed by atoms with E-state index in [-0.39, 0.29) is 0 Å². The molecule has 0 aromatic heterocycles. The molecule has 0 aliphatic heterocycles. The third kappa shape index (κ3) is 12.6. The maximum atomic E-state index is 9.08. The molecule has 2 aliphatic rings. The quantitative estimate of drug-likeness (QED) is 0.577. The largest absolute Gasteiger partial charge is 0.748 e. The summed E-state index contributed by atoms with van der Waals surface area (Å²) >= 11 is -0.438. The van der Waals surface area contributed by atoms with Gasteiger partial charge in [-0.3, -0.25) is 0 Å². The summed E-state index contributed by atoms with van der Waals surface area (Å²) in [6.45, 7) is 9.11. The Hall–Kier alpha value is -0.337. The average molecular weight is 468 g/mol. The van der Waals surface area contributed by atoms with Crippen molar-refractivity contribution in [2.75, 3.05) is 12.5 Å². The van der Waals surface area contributed by atoms with Crippen molar-refractivity contribution in [3.05, 3.63) is 41.0 Å². The summed E-state index contributed by atoms with van der Waals surface area (Å²) in [6.07, 6.45) is 8.51. The molecule has 0 atom stereocenters. The molecule has 0 bridgehead atoms. The van der Waals surface area contributed by atoms with E-state index in [4.69, 9.17) is 25.9 Å². The van der Waals surface area contributed by atoms with Gasteiger partial charge in [0.25, 0.3) is 0 Å². The first-order valence-electron chi connectivity index (χ1n) is 7.42. The van der Waals surface area contributed by atoms with Crippen LogP contribution in [-0.2, 0) is 43.5 Å². The van der Waals surface area contributed by atoms with Crippen molar-refractivity contribution in [1.29, 1.82) is 0 Å². The molecular weight excluding hydrogens is 444 g/mol.